The van der Waals surface area contributed by atoms with Gasteiger partial charge in [0.2, 0.25) is 0 Å². The van der Waals surface area contributed by atoms with Crippen LogP contribution in [0.25, 0.3) is 0 Å². The number of thioether (sulfide) groups is 1. The number of ether oxygens (including phenoxy) is 1. The van der Waals surface area contributed by atoms with Crippen molar-refractivity contribution in [2.75, 3.05) is 38.3 Å². The minimum Gasteiger partial charge on any atom is -0.380 e. The smallest absolute Gasteiger partial charge is 0.0591 e. The summed E-state index contributed by atoms with van der Waals surface area (Å²) in [6.07, 6.45) is 4.94. The van der Waals surface area contributed by atoms with Gasteiger partial charge in [-0.05, 0) is 12.7 Å². The Morgan fingerprint density at radius 2 is 2.25 bits per heavy atom. The average molecular weight is 189 g/mol. The summed E-state index contributed by atoms with van der Waals surface area (Å²) in [6.45, 7) is 7.26. The molecule has 0 spiro atoms. The van der Waals surface area contributed by atoms with E-state index in [0.717, 1.165) is 32.7 Å². The maximum atomic E-state index is 5.31. The highest BCUT2D eigenvalue weighted by Crippen LogP contribution is 1.86. The van der Waals surface area contributed by atoms with E-state index >= 15 is 0 Å². The summed E-state index contributed by atoms with van der Waals surface area (Å²) < 4.78 is 5.31. The van der Waals surface area contributed by atoms with Gasteiger partial charge < -0.3 is 10.1 Å². The molecule has 0 heterocycles. The molecule has 12 heavy (non-hydrogen) atoms. The third-order valence-corrected chi connectivity index (χ3v) is 1.98. The fraction of sp³-hybridized carbons (Fsp3) is 0.778. The van der Waals surface area contributed by atoms with Gasteiger partial charge in [0.25, 0.3) is 0 Å². The Hall–Kier alpha value is 0.0100. The van der Waals surface area contributed by atoms with Gasteiger partial charge in [0.05, 0.1) is 13.2 Å². The van der Waals surface area contributed by atoms with Gasteiger partial charge in [-0.25, -0.2) is 0 Å². The molecule has 0 aromatic rings. The summed E-state index contributed by atoms with van der Waals surface area (Å²) in [4.78, 5) is 0. The molecule has 0 aliphatic rings. The fourth-order valence-electron chi connectivity index (χ4n) is 0.712. The molecule has 0 fully saturated rings. The molecule has 0 amide bonds. The molecule has 0 radical (unpaired) electrons. The van der Waals surface area contributed by atoms with Crippen LogP contribution in [0.5, 0.6) is 0 Å². The quantitative estimate of drug-likeness (QED) is 0.439. The van der Waals surface area contributed by atoms with E-state index in [-0.39, 0.29) is 0 Å². The Balaban J connectivity index is 2.77. The van der Waals surface area contributed by atoms with Crippen molar-refractivity contribution >= 4 is 11.8 Å². The molecule has 0 aromatic carbocycles. The first-order chi connectivity index (χ1) is 5.91. The number of hydrogen-bond acceptors (Lipinski definition) is 3. The van der Waals surface area contributed by atoms with Crippen molar-refractivity contribution in [3.05, 3.63) is 12.7 Å². The molecule has 0 bridgehead atoms. The van der Waals surface area contributed by atoms with Gasteiger partial charge in [0, 0.05) is 18.8 Å². The maximum Gasteiger partial charge on any atom is 0.0591 e. The fourth-order valence-corrected chi connectivity index (χ4v) is 1.06. The lowest BCUT2D eigenvalue weighted by Gasteiger charge is -2.03. The molecule has 0 unspecified atom stereocenters. The lowest BCUT2D eigenvalue weighted by Crippen LogP contribution is -2.22. The normalized spacial score (nSPS) is 10.1. The third kappa shape index (κ3) is 10.0. The zero-order valence-electron chi connectivity index (χ0n) is 7.84. The van der Waals surface area contributed by atoms with Crippen LogP contribution < -0.4 is 5.32 Å². The number of rotatable bonds is 9. The summed E-state index contributed by atoms with van der Waals surface area (Å²) in [5, 5.41) is 3.29. The van der Waals surface area contributed by atoms with E-state index in [1.165, 1.54) is 5.75 Å². The summed E-state index contributed by atoms with van der Waals surface area (Å²) >= 11 is 1.86. The van der Waals surface area contributed by atoms with Crippen molar-refractivity contribution < 1.29 is 4.74 Å². The standard InChI is InChI=1S/C9H19NOS/c1-3-4-7-11-8-5-10-6-9-12-2/h3,10H,1,4-9H2,2H3. The van der Waals surface area contributed by atoms with Crippen LogP contribution >= 0.6 is 11.8 Å². The SMILES string of the molecule is C=CCCOCCNCCSC. The van der Waals surface area contributed by atoms with Crippen molar-refractivity contribution in [3.8, 4) is 0 Å². The molecule has 1 N–H and O–H groups in total. The zero-order chi connectivity index (χ0) is 9.07. The van der Waals surface area contributed by atoms with E-state index in [1.54, 1.807) is 0 Å². The molecule has 0 saturated heterocycles. The minimum atomic E-state index is 0.799. The molecular formula is C9H19NOS. The molecule has 0 aliphatic heterocycles. The average Bonchev–Trinajstić information content (AvgIpc) is 2.10. The molecular weight excluding hydrogens is 170 g/mol. The number of nitrogens with one attached hydrogen (secondary N) is 1. The van der Waals surface area contributed by atoms with E-state index in [1.807, 2.05) is 17.8 Å². The van der Waals surface area contributed by atoms with Gasteiger partial charge in [0.1, 0.15) is 0 Å². The summed E-state index contributed by atoms with van der Waals surface area (Å²) in [5.41, 5.74) is 0. The van der Waals surface area contributed by atoms with Crippen LogP contribution in [-0.2, 0) is 4.74 Å². The first kappa shape index (κ1) is 12.0. The molecule has 0 aromatic heterocycles. The molecule has 3 heteroatoms. The van der Waals surface area contributed by atoms with Gasteiger partial charge >= 0.3 is 0 Å². The van der Waals surface area contributed by atoms with Crippen LogP contribution in [-0.4, -0.2) is 38.3 Å². The Kier molecular flexibility index (Phi) is 11.0. The van der Waals surface area contributed by atoms with Gasteiger partial charge in [-0.15, -0.1) is 6.58 Å². The Labute approximate surface area is 79.8 Å². The first-order valence-electron chi connectivity index (χ1n) is 4.30. The zero-order valence-corrected chi connectivity index (χ0v) is 8.66. The minimum absolute atomic E-state index is 0.799. The Morgan fingerprint density at radius 3 is 2.92 bits per heavy atom. The summed E-state index contributed by atoms with van der Waals surface area (Å²) in [7, 11) is 0. The highest BCUT2D eigenvalue weighted by Gasteiger charge is 1.87. The monoisotopic (exact) mass is 189 g/mol. The second kappa shape index (κ2) is 11.0. The molecule has 0 saturated carbocycles. The summed E-state index contributed by atoms with van der Waals surface area (Å²) in [6, 6.07) is 0. The molecule has 0 atom stereocenters. The topological polar surface area (TPSA) is 21.3 Å². The first-order valence-corrected chi connectivity index (χ1v) is 5.69. The van der Waals surface area contributed by atoms with E-state index in [2.05, 4.69) is 18.2 Å². The second-order valence-electron chi connectivity index (χ2n) is 2.43. The second-order valence-corrected chi connectivity index (χ2v) is 3.42. The van der Waals surface area contributed by atoms with Crippen LogP contribution in [0, 0.1) is 0 Å². The summed E-state index contributed by atoms with van der Waals surface area (Å²) in [5.74, 6) is 1.17. The van der Waals surface area contributed by atoms with E-state index in [0.29, 0.717) is 0 Å². The van der Waals surface area contributed by atoms with Gasteiger partial charge in [-0.2, -0.15) is 11.8 Å². The van der Waals surface area contributed by atoms with Crippen molar-refractivity contribution in [2.45, 2.75) is 6.42 Å². The van der Waals surface area contributed by atoms with Crippen LogP contribution in [0.1, 0.15) is 6.42 Å². The van der Waals surface area contributed by atoms with Crippen molar-refractivity contribution in [1.29, 1.82) is 0 Å². The van der Waals surface area contributed by atoms with Crippen molar-refractivity contribution in [1.82, 2.24) is 5.32 Å². The third-order valence-electron chi connectivity index (χ3n) is 1.37. The van der Waals surface area contributed by atoms with E-state index in [9.17, 15) is 0 Å². The van der Waals surface area contributed by atoms with E-state index in [4.69, 9.17) is 4.74 Å². The predicted molar refractivity (Wildman–Crippen MR) is 56.9 cm³/mol. The van der Waals surface area contributed by atoms with Crippen molar-refractivity contribution in [2.24, 2.45) is 0 Å². The Bertz CT molecular complexity index is 98.5. The van der Waals surface area contributed by atoms with Crippen LogP contribution in [0.15, 0.2) is 12.7 Å². The predicted octanol–water partition coefficient (Wildman–Crippen LogP) is 1.53. The van der Waals surface area contributed by atoms with Gasteiger partial charge in [0.15, 0.2) is 0 Å². The highest BCUT2D eigenvalue weighted by atomic mass is 32.2. The molecule has 0 aliphatic carbocycles. The molecule has 72 valence electrons. The van der Waals surface area contributed by atoms with E-state index < -0.39 is 0 Å². The van der Waals surface area contributed by atoms with Gasteiger partial charge in [-0.1, -0.05) is 6.08 Å². The van der Waals surface area contributed by atoms with Crippen LogP contribution in [0.4, 0.5) is 0 Å². The highest BCUT2D eigenvalue weighted by molar-refractivity contribution is 7.98. The molecule has 0 rings (SSSR count). The number of hydrogen-bond donors (Lipinski definition) is 1. The Morgan fingerprint density at radius 1 is 1.42 bits per heavy atom. The maximum absolute atomic E-state index is 5.31. The van der Waals surface area contributed by atoms with Crippen LogP contribution in [0.3, 0.4) is 0 Å². The van der Waals surface area contributed by atoms with Crippen LogP contribution in [0.2, 0.25) is 0 Å². The van der Waals surface area contributed by atoms with Crippen molar-refractivity contribution in [3.63, 3.8) is 0 Å². The lowest BCUT2D eigenvalue weighted by molar-refractivity contribution is 0.141. The molecule has 2 nitrogen and oxygen atoms in total. The lowest BCUT2D eigenvalue weighted by atomic mass is 10.4. The largest absolute Gasteiger partial charge is 0.380 e. The van der Waals surface area contributed by atoms with Gasteiger partial charge in [-0.3, -0.25) is 0 Å².